The van der Waals surface area contributed by atoms with E-state index in [9.17, 15) is 4.79 Å². The first-order valence-corrected chi connectivity index (χ1v) is 6.85. The first-order chi connectivity index (χ1) is 8.26. The monoisotopic (exact) mass is 244 g/mol. The first kappa shape index (κ1) is 16.4. The second-order valence-electron chi connectivity index (χ2n) is 4.20. The van der Waals surface area contributed by atoms with E-state index in [4.69, 9.17) is 5.11 Å². The summed E-state index contributed by atoms with van der Waals surface area (Å²) in [4.78, 5) is 13.5. The van der Waals surface area contributed by atoms with E-state index in [1.807, 2.05) is 18.7 Å². The maximum absolute atomic E-state index is 11.6. The molecule has 0 aromatic rings. The minimum atomic E-state index is 0.239. The molecule has 0 rings (SSSR count). The zero-order chi connectivity index (χ0) is 12.9. The van der Waals surface area contributed by atoms with Gasteiger partial charge in [0.05, 0.1) is 0 Å². The van der Waals surface area contributed by atoms with E-state index in [1.54, 1.807) is 0 Å². The van der Waals surface area contributed by atoms with E-state index in [-0.39, 0.29) is 5.91 Å². The van der Waals surface area contributed by atoms with Crippen LogP contribution in [0.1, 0.15) is 46.0 Å². The van der Waals surface area contributed by atoms with Crippen molar-refractivity contribution in [1.29, 1.82) is 0 Å². The molecule has 4 heteroatoms. The first-order valence-electron chi connectivity index (χ1n) is 6.85. The van der Waals surface area contributed by atoms with Crippen LogP contribution in [0.5, 0.6) is 0 Å². The van der Waals surface area contributed by atoms with Gasteiger partial charge in [0.1, 0.15) is 0 Å². The summed E-state index contributed by atoms with van der Waals surface area (Å²) in [5, 5.41) is 11.9. The molecule has 0 spiro atoms. The molecule has 102 valence electrons. The smallest absolute Gasteiger partial charge is 0.223 e. The largest absolute Gasteiger partial charge is 0.396 e. The zero-order valence-electron chi connectivity index (χ0n) is 11.4. The number of carbonyl (C=O) groups excluding carboxylic acids is 1. The van der Waals surface area contributed by atoms with Gasteiger partial charge in [-0.2, -0.15) is 0 Å². The molecule has 1 amide bonds. The van der Waals surface area contributed by atoms with E-state index in [2.05, 4.69) is 5.32 Å². The lowest BCUT2D eigenvalue weighted by atomic mass is 10.2. The Bertz CT molecular complexity index is 182. The molecule has 2 N–H and O–H groups in total. The molecule has 0 atom stereocenters. The molecule has 0 aromatic carbocycles. The molecule has 0 aliphatic rings. The van der Waals surface area contributed by atoms with Crippen LogP contribution in [0, 0.1) is 0 Å². The van der Waals surface area contributed by atoms with E-state index >= 15 is 0 Å². The summed E-state index contributed by atoms with van der Waals surface area (Å²) >= 11 is 0. The van der Waals surface area contributed by atoms with Gasteiger partial charge >= 0.3 is 0 Å². The Morgan fingerprint density at radius 3 is 2.29 bits per heavy atom. The third-order valence-electron chi connectivity index (χ3n) is 2.89. The third kappa shape index (κ3) is 9.12. The molecule has 0 saturated carbocycles. The number of hydrogen-bond acceptors (Lipinski definition) is 3. The maximum Gasteiger partial charge on any atom is 0.223 e. The molecule has 0 saturated heterocycles. The Morgan fingerprint density at radius 2 is 1.71 bits per heavy atom. The second-order valence-corrected chi connectivity index (χ2v) is 4.20. The Hall–Kier alpha value is -0.610. The van der Waals surface area contributed by atoms with Crippen LogP contribution in [0.3, 0.4) is 0 Å². The van der Waals surface area contributed by atoms with Crippen LogP contribution >= 0.6 is 0 Å². The van der Waals surface area contributed by atoms with Crippen LogP contribution in [0.15, 0.2) is 0 Å². The molecule has 0 bridgehead atoms. The average molecular weight is 244 g/mol. The van der Waals surface area contributed by atoms with Gasteiger partial charge < -0.3 is 15.3 Å². The van der Waals surface area contributed by atoms with E-state index in [0.29, 0.717) is 13.0 Å². The molecule has 0 radical (unpaired) electrons. The van der Waals surface area contributed by atoms with Crippen LogP contribution in [-0.4, -0.2) is 48.7 Å². The fourth-order valence-electron chi connectivity index (χ4n) is 1.77. The van der Waals surface area contributed by atoms with Gasteiger partial charge in [0.15, 0.2) is 0 Å². The fraction of sp³-hybridized carbons (Fsp3) is 0.923. The Kier molecular flexibility index (Phi) is 11.4. The minimum Gasteiger partial charge on any atom is -0.396 e. The van der Waals surface area contributed by atoms with Gasteiger partial charge in [0, 0.05) is 32.7 Å². The van der Waals surface area contributed by atoms with Gasteiger partial charge in [0.2, 0.25) is 5.91 Å². The number of unbranched alkanes of at least 4 members (excludes halogenated alkanes) is 3. The van der Waals surface area contributed by atoms with Crippen molar-refractivity contribution >= 4 is 5.91 Å². The Labute approximate surface area is 105 Å². The summed E-state index contributed by atoms with van der Waals surface area (Å²) in [6.45, 7) is 7.66. The molecule has 17 heavy (non-hydrogen) atoms. The third-order valence-corrected chi connectivity index (χ3v) is 2.89. The predicted molar refractivity (Wildman–Crippen MR) is 71.0 cm³/mol. The van der Waals surface area contributed by atoms with Crippen molar-refractivity contribution in [2.45, 2.75) is 46.0 Å². The molecule has 0 aromatic heterocycles. The van der Waals surface area contributed by atoms with Gasteiger partial charge in [-0.3, -0.25) is 4.79 Å². The van der Waals surface area contributed by atoms with Crippen LogP contribution in [0.25, 0.3) is 0 Å². The summed E-state index contributed by atoms with van der Waals surface area (Å²) in [5.74, 6) is 0.239. The molecular weight excluding hydrogens is 216 g/mol. The van der Waals surface area contributed by atoms with Crippen LogP contribution < -0.4 is 5.32 Å². The van der Waals surface area contributed by atoms with Crippen molar-refractivity contribution in [1.82, 2.24) is 10.2 Å². The van der Waals surface area contributed by atoms with Crippen LogP contribution in [-0.2, 0) is 4.79 Å². The predicted octanol–water partition coefficient (Wildman–Crippen LogP) is 1.39. The maximum atomic E-state index is 11.6. The van der Waals surface area contributed by atoms with Crippen molar-refractivity contribution in [3.05, 3.63) is 0 Å². The van der Waals surface area contributed by atoms with E-state index in [0.717, 1.165) is 51.9 Å². The van der Waals surface area contributed by atoms with Crippen molar-refractivity contribution < 1.29 is 9.90 Å². The summed E-state index contributed by atoms with van der Waals surface area (Å²) < 4.78 is 0. The standard InChI is InChI=1S/C13H28N2O2/c1-3-15(4-2)13(17)9-11-14-10-7-5-6-8-12-16/h14,16H,3-12H2,1-2H3. The number of amides is 1. The van der Waals surface area contributed by atoms with Gasteiger partial charge in [-0.1, -0.05) is 12.8 Å². The van der Waals surface area contributed by atoms with Crippen molar-refractivity contribution in [2.75, 3.05) is 32.8 Å². The number of rotatable bonds is 11. The van der Waals surface area contributed by atoms with Gasteiger partial charge in [-0.05, 0) is 33.2 Å². The van der Waals surface area contributed by atoms with E-state index in [1.165, 1.54) is 0 Å². The highest BCUT2D eigenvalue weighted by molar-refractivity contribution is 5.76. The van der Waals surface area contributed by atoms with Crippen LogP contribution in [0.2, 0.25) is 0 Å². The second kappa shape index (κ2) is 11.9. The highest BCUT2D eigenvalue weighted by Crippen LogP contribution is 1.98. The zero-order valence-corrected chi connectivity index (χ0v) is 11.4. The molecule has 0 aliphatic carbocycles. The number of hydrogen-bond donors (Lipinski definition) is 2. The number of carbonyl (C=O) groups is 1. The molecule has 0 aliphatic heterocycles. The minimum absolute atomic E-state index is 0.239. The molecule has 0 heterocycles. The SMILES string of the molecule is CCN(CC)C(=O)CCNCCCCCCO. The van der Waals surface area contributed by atoms with Gasteiger partial charge in [0.25, 0.3) is 0 Å². The van der Waals surface area contributed by atoms with Crippen LogP contribution in [0.4, 0.5) is 0 Å². The lowest BCUT2D eigenvalue weighted by Gasteiger charge is -2.18. The molecule has 0 unspecified atom stereocenters. The highest BCUT2D eigenvalue weighted by Gasteiger charge is 2.07. The highest BCUT2D eigenvalue weighted by atomic mass is 16.2. The number of aliphatic hydroxyl groups is 1. The van der Waals surface area contributed by atoms with Crippen molar-refractivity contribution in [2.24, 2.45) is 0 Å². The molecule has 0 fully saturated rings. The number of nitrogens with one attached hydrogen (secondary N) is 1. The Morgan fingerprint density at radius 1 is 1.06 bits per heavy atom. The van der Waals surface area contributed by atoms with Gasteiger partial charge in [-0.25, -0.2) is 0 Å². The number of aliphatic hydroxyl groups excluding tert-OH is 1. The molecule has 4 nitrogen and oxygen atoms in total. The number of nitrogens with zero attached hydrogens (tertiary/aromatic N) is 1. The fourth-order valence-corrected chi connectivity index (χ4v) is 1.77. The topological polar surface area (TPSA) is 52.6 Å². The van der Waals surface area contributed by atoms with Gasteiger partial charge in [-0.15, -0.1) is 0 Å². The lowest BCUT2D eigenvalue weighted by molar-refractivity contribution is -0.130. The average Bonchev–Trinajstić information content (AvgIpc) is 2.34. The summed E-state index contributed by atoms with van der Waals surface area (Å²) in [6, 6.07) is 0. The summed E-state index contributed by atoms with van der Waals surface area (Å²) in [7, 11) is 0. The van der Waals surface area contributed by atoms with Crippen molar-refractivity contribution in [3.8, 4) is 0 Å². The van der Waals surface area contributed by atoms with E-state index < -0.39 is 0 Å². The quantitative estimate of drug-likeness (QED) is 0.540. The Balaban J connectivity index is 3.30. The lowest BCUT2D eigenvalue weighted by Crippen LogP contribution is -2.33. The summed E-state index contributed by atoms with van der Waals surface area (Å²) in [5.41, 5.74) is 0. The normalized spacial score (nSPS) is 10.5. The van der Waals surface area contributed by atoms with Crippen molar-refractivity contribution in [3.63, 3.8) is 0 Å². The summed E-state index contributed by atoms with van der Waals surface area (Å²) in [6.07, 6.45) is 4.87. The molecular formula is C13H28N2O2.